The van der Waals surface area contributed by atoms with Crippen LogP contribution in [0.5, 0.6) is 0 Å². The van der Waals surface area contributed by atoms with Crippen LogP contribution < -0.4 is 0 Å². The van der Waals surface area contributed by atoms with E-state index >= 15 is 0 Å². The second kappa shape index (κ2) is 15.7. The summed E-state index contributed by atoms with van der Waals surface area (Å²) in [6, 6.07) is 7.73. The molecule has 0 aromatic heterocycles. The Morgan fingerprint density at radius 3 is 2.51 bits per heavy atom. The van der Waals surface area contributed by atoms with Gasteiger partial charge in [-0.05, 0) is 68.0 Å². The molecule has 5 atom stereocenters. The summed E-state index contributed by atoms with van der Waals surface area (Å²) in [5, 5.41) is 10.6. The molecule has 1 N–H and O–H groups in total. The van der Waals surface area contributed by atoms with Crippen LogP contribution in [-0.4, -0.2) is 116 Å². The van der Waals surface area contributed by atoms with Crippen molar-refractivity contribution in [2.75, 3.05) is 59.5 Å². The van der Waals surface area contributed by atoms with Gasteiger partial charge in [0.1, 0.15) is 18.8 Å². The minimum atomic E-state index is -0.852. The summed E-state index contributed by atoms with van der Waals surface area (Å²) in [4.78, 5) is 44.4. The van der Waals surface area contributed by atoms with Gasteiger partial charge in [0.05, 0.1) is 25.7 Å². The predicted molar refractivity (Wildman–Crippen MR) is 176 cm³/mol. The van der Waals surface area contributed by atoms with Crippen molar-refractivity contribution >= 4 is 24.2 Å². The number of carbonyl (C=O) groups excluding carboxylic acids is 3. The fraction of sp³-hybridized carbons (Fsp3) is 0.639. The first kappa shape index (κ1) is 34.9. The highest BCUT2D eigenvalue weighted by Gasteiger charge is 2.46. The van der Waals surface area contributed by atoms with Crippen molar-refractivity contribution in [2.24, 2.45) is 17.3 Å². The van der Waals surface area contributed by atoms with Crippen LogP contribution in [0.15, 0.2) is 42.0 Å². The molecular formula is C36H51N3O8. The van der Waals surface area contributed by atoms with Gasteiger partial charge in [-0.15, -0.1) is 0 Å². The number of amides is 2. The quantitative estimate of drug-likeness (QED) is 0.279. The van der Waals surface area contributed by atoms with E-state index in [0.29, 0.717) is 52.2 Å². The number of hydrogen-bond donors (Lipinski definition) is 1. The van der Waals surface area contributed by atoms with Gasteiger partial charge in [0.2, 0.25) is 0 Å². The second-order valence-corrected chi connectivity index (χ2v) is 14.1. The van der Waals surface area contributed by atoms with Crippen molar-refractivity contribution in [3.8, 4) is 0 Å². The van der Waals surface area contributed by atoms with Crippen LogP contribution in [0.4, 0.5) is 9.59 Å². The number of esters is 1. The number of aliphatic hydroxyl groups is 1. The number of carbonyl (C=O) groups is 3. The molecule has 4 aliphatic heterocycles. The Kier molecular flexibility index (Phi) is 11.6. The first-order chi connectivity index (χ1) is 22.5. The normalized spacial score (nSPS) is 29.7. The lowest BCUT2D eigenvalue weighted by molar-refractivity contribution is -0.151. The van der Waals surface area contributed by atoms with E-state index in [0.717, 1.165) is 36.2 Å². The van der Waals surface area contributed by atoms with Crippen LogP contribution in [0.2, 0.25) is 0 Å². The molecule has 258 valence electrons. The lowest BCUT2D eigenvalue weighted by Gasteiger charge is -2.37. The van der Waals surface area contributed by atoms with Crippen LogP contribution in [0, 0.1) is 17.3 Å². The van der Waals surface area contributed by atoms with Gasteiger partial charge in [0.15, 0.2) is 0 Å². The highest BCUT2D eigenvalue weighted by atomic mass is 16.6. The van der Waals surface area contributed by atoms with Crippen molar-refractivity contribution < 1.29 is 38.4 Å². The van der Waals surface area contributed by atoms with E-state index in [-0.39, 0.29) is 42.5 Å². The molecule has 11 heteroatoms. The van der Waals surface area contributed by atoms with E-state index < -0.39 is 24.3 Å². The lowest BCUT2D eigenvalue weighted by Crippen LogP contribution is -2.48. The Balaban J connectivity index is 1.26. The fourth-order valence-electron chi connectivity index (χ4n) is 6.70. The fourth-order valence-corrected chi connectivity index (χ4v) is 6.70. The van der Waals surface area contributed by atoms with Gasteiger partial charge in [0.25, 0.3) is 0 Å². The zero-order valence-corrected chi connectivity index (χ0v) is 28.3. The number of ether oxygens (including phenoxy) is 4. The maximum Gasteiger partial charge on any atom is 0.410 e. The largest absolute Gasteiger partial charge is 0.457 e. The molecule has 0 aliphatic carbocycles. The lowest BCUT2D eigenvalue weighted by atomic mass is 9.85. The van der Waals surface area contributed by atoms with Crippen molar-refractivity contribution in [3.05, 3.63) is 53.1 Å². The third-order valence-electron chi connectivity index (χ3n) is 9.93. The topological polar surface area (TPSA) is 118 Å². The van der Waals surface area contributed by atoms with E-state index in [1.54, 1.807) is 9.80 Å². The number of aliphatic hydroxyl groups excluding tert-OH is 1. The minimum Gasteiger partial charge on any atom is -0.457 e. The van der Waals surface area contributed by atoms with Gasteiger partial charge in [0, 0.05) is 50.6 Å². The Labute approximate surface area is 278 Å². The summed E-state index contributed by atoms with van der Waals surface area (Å²) in [5.41, 5.74) is 2.66. The van der Waals surface area contributed by atoms with E-state index in [9.17, 15) is 19.5 Å². The van der Waals surface area contributed by atoms with Crippen molar-refractivity contribution in [3.63, 3.8) is 0 Å². The Morgan fingerprint density at radius 1 is 1.04 bits per heavy atom. The number of nitrogens with zero attached hydrogens (tertiary/aromatic N) is 3. The third-order valence-corrected chi connectivity index (χ3v) is 9.93. The maximum atomic E-state index is 13.1. The number of benzene rings is 1. The number of cyclic esters (lactones) is 1. The average molecular weight is 654 g/mol. The summed E-state index contributed by atoms with van der Waals surface area (Å²) in [6.45, 7) is 11.7. The molecule has 0 saturated carbocycles. The van der Waals surface area contributed by atoms with Crippen LogP contribution in [0.1, 0.15) is 57.6 Å². The molecule has 1 spiro atoms. The van der Waals surface area contributed by atoms with Gasteiger partial charge in [-0.3, -0.25) is 4.79 Å². The number of piperazine rings is 1. The second-order valence-electron chi connectivity index (χ2n) is 14.1. The zero-order chi connectivity index (χ0) is 33.6. The molecule has 47 heavy (non-hydrogen) atoms. The van der Waals surface area contributed by atoms with Crippen molar-refractivity contribution in [2.45, 2.75) is 71.4 Å². The average Bonchev–Trinajstić information content (AvgIpc) is 3.50. The number of likely N-dealkylation sites (tertiary alicyclic amines) is 1. The predicted octanol–water partition coefficient (Wildman–Crippen LogP) is 4.49. The van der Waals surface area contributed by atoms with Gasteiger partial charge >= 0.3 is 18.2 Å². The molecule has 3 fully saturated rings. The zero-order valence-electron chi connectivity index (χ0n) is 28.3. The molecule has 1 aromatic rings. The summed E-state index contributed by atoms with van der Waals surface area (Å²) in [5.74, 6) is -0.747. The van der Waals surface area contributed by atoms with Crippen molar-refractivity contribution in [1.29, 1.82) is 0 Å². The third kappa shape index (κ3) is 9.36. The molecule has 11 nitrogen and oxygen atoms in total. The molecule has 5 rings (SSSR count). The Bertz CT molecular complexity index is 1320. The summed E-state index contributed by atoms with van der Waals surface area (Å²) in [6.07, 6.45) is 5.07. The van der Waals surface area contributed by atoms with Crippen LogP contribution >= 0.6 is 0 Å². The molecular weight excluding hydrogens is 602 g/mol. The molecule has 1 aromatic carbocycles. The standard InChI is InChI=1S/C36H51N3O8/c1-25-8-10-30(40)20-32(41)47-33(26(2)9-11-31(25)46-35(43)38-16-14-37(4)15-17-38)27(3)18-28-6-5-7-29(19-28)21-45-34(42)39-13-12-36(22-39)23-44-24-36/h5-7,9,11,18-19,25-26,30-31,33,40H,8,10,12-17,20-24H2,1-4H3/b11-9-,27-18+/t25-,26-,30+,31-,33-/m0/s1. The SMILES string of the molecule is C/C(=C\c1cccc(COC(=O)N2CCC3(COC3)C2)c1)[C@H]1OC(=O)C[C@H](O)CC[C@H](C)[C@@H](OC(=O)N2CCN(C)CC2)/C=C\[C@@H]1C. The van der Waals surface area contributed by atoms with Crippen LogP contribution in [-0.2, 0) is 30.3 Å². The van der Waals surface area contributed by atoms with Gasteiger partial charge in [-0.2, -0.15) is 0 Å². The first-order valence-electron chi connectivity index (χ1n) is 17.0. The van der Waals surface area contributed by atoms with Crippen LogP contribution in [0.3, 0.4) is 0 Å². The highest BCUT2D eigenvalue weighted by molar-refractivity contribution is 5.71. The smallest absolute Gasteiger partial charge is 0.410 e. The highest BCUT2D eigenvalue weighted by Crippen LogP contribution is 2.37. The van der Waals surface area contributed by atoms with E-state index in [2.05, 4.69) is 4.90 Å². The minimum absolute atomic E-state index is 0.0503. The summed E-state index contributed by atoms with van der Waals surface area (Å²) < 4.78 is 23.0. The van der Waals surface area contributed by atoms with Crippen molar-refractivity contribution in [1.82, 2.24) is 14.7 Å². The van der Waals surface area contributed by atoms with E-state index in [1.165, 1.54) is 0 Å². The molecule has 4 heterocycles. The maximum absolute atomic E-state index is 13.1. The first-order valence-corrected chi connectivity index (χ1v) is 17.0. The molecule has 0 unspecified atom stereocenters. The number of hydrogen-bond acceptors (Lipinski definition) is 9. The van der Waals surface area contributed by atoms with Gasteiger partial charge in [-0.1, -0.05) is 44.2 Å². The van der Waals surface area contributed by atoms with Crippen LogP contribution in [0.25, 0.3) is 6.08 Å². The molecule has 0 radical (unpaired) electrons. The summed E-state index contributed by atoms with van der Waals surface area (Å²) >= 11 is 0. The molecule has 0 bridgehead atoms. The molecule has 2 amide bonds. The van der Waals surface area contributed by atoms with E-state index in [4.69, 9.17) is 18.9 Å². The summed E-state index contributed by atoms with van der Waals surface area (Å²) in [7, 11) is 2.04. The monoisotopic (exact) mass is 653 g/mol. The van der Waals surface area contributed by atoms with Gasteiger partial charge in [-0.25, -0.2) is 9.59 Å². The molecule has 4 aliphatic rings. The number of likely N-dealkylation sites (N-methyl/N-ethyl adjacent to an activating group) is 1. The van der Waals surface area contributed by atoms with E-state index in [1.807, 2.05) is 70.3 Å². The Morgan fingerprint density at radius 2 is 1.81 bits per heavy atom. The Hall–Kier alpha value is -3.41. The van der Waals surface area contributed by atoms with Gasteiger partial charge < -0.3 is 38.8 Å². The number of rotatable bonds is 5. The molecule has 3 saturated heterocycles.